The minimum absolute atomic E-state index is 0.0267. The van der Waals surface area contributed by atoms with Crippen LogP contribution in [0.2, 0.25) is 0 Å². The molecule has 236 valence electrons. The number of aliphatic hydroxyl groups excluding tert-OH is 2. The van der Waals surface area contributed by atoms with Gasteiger partial charge in [0.25, 0.3) is 0 Å². The monoisotopic (exact) mass is 584 g/mol. The standard InChI is InChI=1S/C36H56O6/c1-8-34(5)26-13-14-28-27-12-11-25(22(2)10-9-17-33(3,4)40)35(27,6)20-30(39)36(28,7)29(26)15-16-31(34)42-32-19-23(38)18-24(21-37)41-32/h1,13,22-25,27-29,31-32,37-38,40H,9-12,14-21H2,2-7H3/t22-,23+,24+,25?,27?,28?,29?,31+,32+,34+,35-,36-/m1/s1. The molecule has 6 nitrogen and oxygen atoms in total. The molecule has 5 aliphatic rings. The van der Waals surface area contributed by atoms with Gasteiger partial charge in [-0.25, -0.2) is 0 Å². The van der Waals surface area contributed by atoms with Gasteiger partial charge in [0, 0.05) is 24.7 Å². The zero-order chi connectivity index (χ0) is 30.7. The van der Waals surface area contributed by atoms with Crippen molar-refractivity contribution in [3.05, 3.63) is 11.6 Å². The Hall–Kier alpha value is -1.23. The number of hydrogen-bond donors (Lipinski definition) is 3. The third kappa shape index (κ3) is 5.45. The number of fused-ring (bicyclic) bond motifs is 5. The fourth-order valence-electron chi connectivity index (χ4n) is 10.5. The van der Waals surface area contributed by atoms with Gasteiger partial charge in [-0.1, -0.05) is 45.6 Å². The van der Waals surface area contributed by atoms with Crippen LogP contribution in [0.4, 0.5) is 0 Å². The fourth-order valence-corrected chi connectivity index (χ4v) is 10.5. The highest BCUT2D eigenvalue weighted by atomic mass is 16.7. The van der Waals surface area contributed by atoms with Crippen LogP contribution in [-0.4, -0.2) is 57.9 Å². The van der Waals surface area contributed by atoms with E-state index in [-0.39, 0.29) is 24.0 Å². The molecule has 5 rings (SSSR count). The summed E-state index contributed by atoms with van der Waals surface area (Å²) >= 11 is 0. The molecular weight excluding hydrogens is 528 g/mol. The molecule has 1 heterocycles. The van der Waals surface area contributed by atoms with Crippen molar-refractivity contribution in [2.75, 3.05) is 6.61 Å². The molecule has 42 heavy (non-hydrogen) atoms. The zero-order valence-electron chi connectivity index (χ0n) is 26.9. The molecule has 1 saturated heterocycles. The van der Waals surface area contributed by atoms with Gasteiger partial charge in [-0.2, -0.15) is 0 Å². The minimum atomic E-state index is -0.661. The van der Waals surface area contributed by atoms with E-state index in [1.807, 2.05) is 13.8 Å². The SMILES string of the molecule is C#C[C@@]1(C)C2=CCC3C4CCC([C@H](C)CCCC(C)(C)O)[C@@]4(C)CC(=O)[C@@]3(C)C2CC[C@@H]1O[C@H]1C[C@@H](O)C[C@@H](CO)O1. The van der Waals surface area contributed by atoms with Crippen molar-refractivity contribution in [3.63, 3.8) is 0 Å². The normalized spacial score (nSPS) is 46.2. The van der Waals surface area contributed by atoms with E-state index >= 15 is 0 Å². The van der Waals surface area contributed by atoms with Crippen LogP contribution in [0, 0.1) is 58.2 Å². The van der Waals surface area contributed by atoms with Gasteiger partial charge < -0.3 is 24.8 Å². The first-order valence-corrected chi connectivity index (χ1v) is 16.7. The summed E-state index contributed by atoms with van der Waals surface area (Å²) < 4.78 is 12.4. The van der Waals surface area contributed by atoms with Crippen LogP contribution in [0.1, 0.15) is 112 Å². The van der Waals surface area contributed by atoms with Crippen molar-refractivity contribution in [2.45, 2.75) is 142 Å². The summed E-state index contributed by atoms with van der Waals surface area (Å²) in [6.45, 7) is 12.7. The Labute approximate surface area is 254 Å². The largest absolute Gasteiger partial charge is 0.394 e. The van der Waals surface area contributed by atoms with E-state index in [1.165, 1.54) is 18.4 Å². The van der Waals surface area contributed by atoms with E-state index in [0.29, 0.717) is 48.7 Å². The summed E-state index contributed by atoms with van der Waals surface area (Å²) in [7, 11) is 0. The van der Waals surface area contributed by atoms with Crippen molar-refractivity contribution < 1.29 is 29.6 Å². The van der Waals surface area contributed by atoms with E-state index < -0.39 is 34.9 Å². The van der Waals surface area contributed by atoms with Gasteiger partial charge >= 0.3 is 0 Å². The molecule has 0 amide bonds. The van der Waals surface area contributed by atoms with Crippen molar-refractivity contribution in [1.29, 1.82) is 0 Å². The molecule has 4 fully saturated rings. The molecular formula is C36H56O6. The number of aliphatic hydroxyl groups is 3. The summed E-state index contributed by atoms with van der Waals surface area (Å²) in [5, 5.41) is 30.2. The molecule has 0 aromatic carbocycles. The Balaban J connectivity index is 1.36. The van der Waals surface area contributed by atoms with Crippen LogP contribution in [0.3, 0.4) is 0 Å². The number of Topliss-reactive ketones (excluding diaryl/α,β-unsaturated/α-hetero) is 1. The van der Waals surface area contributed by atoms with E-state index in [1.54, 1.807) is 0 Å². The molecule has 4 unspecified atom stereocenters. The lowest BCUT2D eigenvalue weighted by molar-refractivity contribution is -0.252. The average molecular weight is 585 g/mol. The molecule has 6 heteroatoms. The highest BCUT2D eigenvalue weighted by Gasteiger charge is 2.66. The van der Waals surface area contributed by atoms with Crippen molar-refractivity contribution >= 4 is 5.78 Å². The van der Waals surface area contributed by atoms with Gasteiger partial charge in [-0.05, 0) is 99.9 Å². The van der Waals surface area contributed by atoms with Crippen molar-refractivity contribution in [2.24, 2.45) is 45.8 Å². The summed E-state index contributed by atoms with van der Waals surface area (Å²) in [4.78, 5) is 14.5. The number of carbonyl (C=O) groups is 1. The van der Waals surface area contributed by atoms with Crippen LogP contribution >= 0.6 is 0 Å². The topological polar surface area (TPSA) is 96.2 Å². The molecule has 3 N–H and O–H groups in total. The van der Waals surface area contributed by atoms with Crippen molar-refractivity contribution in [1.82, 2.24) is 0 Å². The second kappa shape index (κ2) is 11.6. The summed E-state index contributed by atoms with van der Waals surface area (Å²) in [6.07, 6.45) is 16.0. The Bertz CT molecular complexity index is 1090. The third-order valence-electron chi connectivity index (χ3n) is 12.8. The lowest BCUT2D eigenvalue weighted by atomic mass is 9.42. The smallest absolute Gasteiger partial charge is 0.161 e. The fraction of sp³-hybridized carbons (Fsp3) is 0.861. The Kier molecular flexibility index (Phi) is 8.89. The number of ether oxygens (including phenoxy) is 2. The average Bonchev–Trinajstić information content (AvgIpc) is 3.25. The molecule has 0 radical (unpaired) electrons. The van der Waals surface area contributed by atoms with Gasteiger partial charge in [0.15, 0.2) is 6.29 Å². The van der Waals surface area contributed by atoms with Gasteiger partial charge in [0.2, 0.25) is 0 Å². The van der Waals surface area contributed by atoms with Gasteiger partial charge in [0.1, 0.15) is 5.78 Å². The molecule has 4 aliphatic carbocycles. The maximum atomic E-state index is 14.5. The van der Waals surface area contributed by atoms with Gasteiger partial charge in [0.05, 0.1) is 35.9 Å². The molecule has 0 spiro atoms. The molecule has 3 saturated carbocycles. The summed E-state index contributed by atoms with van der Waals surface area (Å²) in [5.41, 5.74) is -0.498. The number of ketones is 1. The van der Waals surface area contributed by atoms with Crippen LogP contribution in [0.5, 0.6) is 0 Å². The Morgan fingerprint density at radius 1 is 1.17 bits per heavy atom. The van der Waals surface area contributed by atoms with Crippen LogP contribution < -0.4 is 0 Å². The summed E-state index contributed by atoms with van der Waals surface area (Å²) in [6, 6.07) is 0. The second-order valence-electron chi connectivity index (χ2n) is 16.0. The molecule has 0 bridgehead atoms. The predicted molar refractivity (Wildman–Crippen MR) is 163 cm³/mol. The van der Waals surface area contributed by atoms with Crippen LogP contribution in [0.25, 0.3) is 0 Å². The maximum Gasteiger partial charge on any atom is 0.161 e. The highest BCUT2D eigenvalue weighted by molar-refractivity contribution is 5.88. The first kappa shape index (κ1) is 32.2. The number of allylic oxidation sites excluding steroid dienone is 1. The molecule has 0 aromatic rings. The van der Waals surface area contributed by atoms with Crippen LogP contribution in [0.15, 0.2) is 11.6 Å². The van der Waals surface area contributed by atoms with Crippen LogP contribution in [-0.2, 0) is 14.3 Å². The first-order valence-electron chi connectivity index (χ1n) is 16.7. The Morgan fingerprint density at radius 2 is 1.90 bits per heavy atom. The van der Waals surface area contributed by atoms with E-state index in [0.717, 1.165) is 38.5 Å². The third-order valence-corrected chi connectivity index (χ3v) is 12.8. The predicted octanol–water partition coefficient (Wildman–Crippen LogP) is 5.81. The highest BCUT2D eigenvalue weighted by Crippen LogP contribution is 2.69. The molecule has 12 atom stereocenters. The molecule has 0 aromatic heterocycles. The van der Waals surface area contributed by atoms with Crippen molar-refractivity contribution in [3.8, 4) is 12.3 Å². The van der Waals surface area contributed by atoms with Gasteiger partial charge in [-0.3, -0.25) is 4.79 Å². The second-order valence-corrected chi connectivity index (χ2v) is 16.0. The Morgan fingerprint density at radius 3 is 2.57 bits per heavy atom. The number of hydrogen-bond acceptors (Lipinski definition) is 6. The quantitative estimate of drug-likeness (QED) is 0.246. The van der Waals surface area contributed by atoms with E-state index in [4.69, 9.17) is 15.9 Å². The number of carbonyl (C=O) groups excluding carboxylic acids is 1. The lowest BCUT2D eigenvalue weighted by Crippen LogP contribution is -2.60. The van der Waals surface area contributed by atoms with E-state index in [2.05, 4.69) is 39.7 Å². The lowest BCUT2D eigenvalue weighted by Gasteiger charge is -2.61. The van der Waals surface area contributed by atoms with Gasteiger partial charge in [-0.15, -0.1) is 6.42 Å². The summed E-state index contributed by atoms with van der Waals surface area (Å²) in [5.74, 6) is 5.56. The zero-order valence-corrected chi connectivity index (χ0v) is 26.9. The van der Waals surface area contributed by atoms with E-state index in [9.17, 15) is 20.1 Å². The first-order chi connectivity index (χ1) is 19.7. The minimum Gasteiger partial charge on any atom is -0.394 e. The maximum absolute atomic E-state index is 14.5. The molecule has 1 aliphatic heterocycles. The number of rotatable bonds is 8. The number of terminal acetylenes is 1.